The summed E-state index contributed by atoms with van der Waals surface area (Å²) < 4.78 is 9.97. The van der Waals surface area contributed by atoms with Crippen LogP contribution in [-0.2, 0) is 14.3 Å². The van der Waals surface area contributed by atoms with Gasteiger partial charge in [0.15, 0.2) is 6.61 Å². The van der Waals surface area contributed by atoms with Crippen molar-refractivity contribution in [3.05, 3.63) is 29.8 Å². The van der Waals surface area contributed by atoms with Gasteiger partial charge in [0.2, 0.25) is 0 Å². The number of hydrogen-bond donors (Lipinski definition) is 2. The number of nitrogens with one attached hydrogen (secondary N) is 2. The first kappa shape index (κ1) is 19.7. The number of urea groups is 1. The summed E-state index contributed by atoms with van der Waals surface area (Å²) in [7, 11) is 1.47. The van der Waals surface area contributed by atoms with Crippen molar-refractivity contribution in [2.75, 3.05) is 13.7 Å². The molecule has 0 atom stereocenters. The molecule has 150 valence electrons. The molecule has 28 heavy (non-hydrogen) atoms. The van der Waals surface area contributed by atoms with Crippen LogP contribution in [0.15, 0.2) is 24.3 Å². The maximum atomic E-state index is 12.7. The van der Waals surface area contributed by atoms with Crippen LogP contribution in [-0.4, -0.2) is 48.1 Å². The number of ether oxygens (including phenoxy) is 2. The first-order valence-electron chi connectivity index (χ1n) is 9.12. The van der Waals surface area contributed by atoms with Crippen molar-refractivity contribution in [3.63, 3.8) is 0 Å². The molecule has 2 fully saturated rings. The molecule has 1 aliphatic carbocycles. The number of carbonyl (C=O) groups is 4. The highest BCUT2D eigenvalue weighted by molar-refractivity contribution is 6.08. The van der Waals surface area contributed by atoms with Gasteiger partial charge in [-0.15, -0.1) is 0 Å². The lowest BCUT2D eigenvalue weighted by atomic mass is 9.77. The number of amides is 4. The standard InChI is InChI=1S/C19H23N3O6/c1-12-6-8-19(9-7-12)17(25)22(18(26)20-19)21-15(23)11-28-16(24)13-4-3-5-14(10-13)27-2/h3-5,10,12H,6-9,11H2,1-2H3,(H,20,26)(H,21,23). The molecule has 1 aromatic carbocycles. The Balaban J connectivity index is 1.55. The molecule has 1 spiro atoms. The molecular weight excluding hydrogens is 366 g/mol. The van der Waals surface area contributed by atoms with Crippen molar-refractivity contribution in [2.24, 2.45) is 5.92 Å². The largest absolute Gasteiger partial charge is 0.497 e. The third kappa shape index (κ3) is 3.92. The molecule has 9 heteroatoms. The minimum atomic E-state index is -0.950. The van der Waals surface area contributed by atoms with E-state index in [4.69, 9.17) is 9.47 Å². The van der Waals surface area contributed by atoms with Crippen molar-refractivity contribution in [1.82, 2.24) is 15.8 Å². The molecule has 4 amide bonds. The monoisotopic (exact) mass is 389 g/mol. The lowest BCUT2D eigenvalue weighted by Crippen LogP contribution is -2.52. The first-order valence-corrected chi connectivity index (χ1v) is 9.12. The number of nitrogens with zero attached hydrogens (tertiary/aromatic N) is 1. The third-order valence-electron chi connectivity index (χ3n) is 5.17. The minimum Gasteiger partial charge on any atom is -0.497 e. The number of benzene rings is 1. The average molecular weight is 389 g/mol. The zero-order valence-electron chi connectivity index (χ0n) is 15.8. The summed E-state index contributed by atoms with van der Waals surface area (Å²) in [4.78, 5) is 49.0. The van der Waals surface area contributed by atoms with E-state index in [1.165, 1.54) is 19.2 Å². The molecule has 9 nitrogen and oxygen atoms in total. The predicted octanol–water partition coefficient (Wildman–Crippen LogP) is 1.38. The normalized spacial score (nSPS) is 24.1. The second-order valence-corrected chi connectivity index (χ2v) is 7.18. The van der Waals surface area contributed by atoms with Crippen LogP contribution in [0.1, 0.15) is 43.0 Å². The lowest BCUT2D eigenvalue weighted by molar-refractivity contribution is -0.141. The van der Waals surface area contributed by atoms with Crippen molar-refractivity contribution >= 4 is 23.8 Å². The van der Waals surface area contributed by atoms with Crippen LogP contribution in [0.3, 0.4) is 0 Å². The van der Waals surface area contributed by atoms with E-state index in [0.29, 0.717) is 29.5 Å². The van der Waals surface area contributed by atoms with E-state index in [1.807, 2.05) is 0 Å². The number of rotatable bonds is 5. The van der Waals surface area contributed by atoms with Gasteiger partial charge in [0.05, 0.1) is 12.7 Å². The molecule has 0 radical (unpaired) electrons. The third-order valence-corrected chi connectivity index (χ3v) is 5.17. The highest BCUT2D eigenvalue weighted by Crippen LogP contribution is 2.35. The average Bonchev–Trinajstić information content (AvgIpc) is 2.92. The Hall–Kier alpha value is -3.10. The number of esters is 1. The van der Waals surface area contributed by atoms with Crippen LogP contribution in [0.5, 0.6) is 5.75 Å². The topological polar surface area (TPSA) is 114 Å². The number of hydrazine groups is 1. The Morgan fingerprint density at radius 3 is 2.68 bits per heavy atom. The molecule has 1 saturated heterocycles. The van der Waals surface area contributed by atoms with E-state index < -0.39 is 36.0 Å². The van der Waals surface area contributed by atoms with Crippen LogP contribution in [0.4, 0.5) is 4.79 Å². The summed E-state index contributed by atoms with van der Waals surface area (Å²) in [6.07, 6.45) is 2.73. The van der Waals surface area contributed by atoms with Crippen LogP contribution in [0.2, 0.25) is 0 Å². The molecule has 1 heterocycles. The quantitative estimate of drug-likeness (QED) is 0.581. The van der Waals surface area contributed by atoms with E-state index in [0.717, 1.165) is 12.8 Å². The van der Waals surface area contributed by atoms with Crippen molar-refractivity contribution in [2.45, 2.75) is 38.1 Å². The van der Waals surface area contributed by atoms with E-state index in [-0.39, 0.29) is 5.56 Å². The Morgan fingerprint density at radius 2 is 2.00 bits per heavy atom. The van der Waals surface area contributed by atoms with Gasteiger partial charge in [-0.05, 0) is 49.8 Å². The summed E-state index contributed by atoms with van der Waals surface area (Å²) in [5.74, 6) is -0.998. The SMILES string of the molecule is COc1cccc(C(=O)OCC(=O)NN2C(=O)NC3(CCC(C)CC3)C2=O)c1. The van der Waals surface area contributed by atoms with Crippen molar-refractivity contribution < 1.29 is 28.7 Å². The molecule has 0 aromatic heterocycles. The molecule has 1 saturated carbocycles. The fourth-order valence-electron chi connectivity index (χ4n) is 3.44. The number of carbonyl (C=O) groups excluding carboxylic acids is 4. The lowest BCUT2D eigenvalue weighted by Gasteiger charge is -2.33. The minimum absolute atomic E-state index is 0.220. The molecule has 3 rings (SSSR count). The fraction of sp³-hybridized carbons (Fsp3) is 0.474. The predicted molar refractivity (Wildman–Crippen MR) is 97.2 cm³/mol. The maximum absolute atomic E-state index is 12.7. The number of methoxy groups -OCH3 is 1. The van der Waals surface area contributed by atoms with E-state index in [2.05, 4.69) is 17.7 Å². The van der Waals surface area contributed by atoms with E-state index >= 15 is 0 Å². The van der Waals surface area contributed by atoms with Gasteiger partial charge in [-0.25, -0.2) is 9.59 Å². The second-order valence-electron chi connectivity index (χ2n) is 7.18. The highest BCUT2D eigenvalue weighted by atomic mass is 16.5. The molecular formula is C19H23N3O6. The van der Waals surface area contributed by atoms with Crippen LogP contribution in [0.25, 0.3) is 0 Å². The highest BCUT2D eigenvalue weighted by Gasteiger charge is 2.52. The molecule has 2 N–H and O–H groups in total. The molecule has 1 aromatic rings. The van der Waals surface area contributed by atoms with Crippen molar-refractivity contribution in [3.8, 4) is 5.75 Å². The Morgan fingerprint density at radius 1 is 1.29 bits per heavy atom. The molecule has 0 bridgehead atoms. The van der Waals surface area contributed by atoms with Crippen LogP contribution >= 0.6 is 0 Å². The fourth-order valence-corrected chi connectivity index (χ4v) is 3.44. The van der Waals surface area contributed by atoms with Gasteiger partial charge >= 0.3 is 12.0 Å². The summed E-state index contributed by atoms with van der Waals surface area (Å²) >= 11 is 0. The zero-order valence-corrected chi connectivity index (χ0v) is 15.8. The van der Waals surface area contributed by atoms with Gasteiger partial charge in [-0.3, -0.25) is 15.0 Å². The van der Waals surface area contributed by atoms with Gasteiger partial charge in [-0.1, -0.05) is 13.0 Å². The summed E-state index contributed by atoms with van der Waals surface area (Å²) in [5, 5.41) is 3.38. The van der Waals surface area contributed by atoms with E-state index in [9.17, 15) is 19.2 Å². The Bertz CT molecular complexity index is 801. The summed E-state index contributed by atoms with van der Waals surface area (Å²) in [6.45, 7) is 1.47. The number of hydrogen-bond acceptors (Lipinski definition) is 6. The summed E-state index contributed by atoms with van der Waals surface area (Å²) in [6, 6.07) is 5.61. The van der Waals surface area contributed by atoms with Gasteiger partial charge in [0.25, 0.3) is 11.8 Å². The molecule has 0 unspecified atom stereocenters. The second kappa shape index (κ2) is 7.87. The Labute approximate surface area is 162 Å². The first-order chi connectivity index (χ1) is 13.3. The smallest absolute Gasteiger partial charge is 0.344 e. The van der Waals surface area contributed by atoms with Crippen molar-refractivity contribution in [1.29, 1.82) is 0 Å². The summed E-state index contributed by atoms with van der Waals surface area (Å²) in [5.41, 5.74) is 1.49. The molecule has 1 aliphatic heterocycles. The van der Waals surface area contributed by atoms with Crippen LogP contribution in [0, 0.1) is 5.92 Å². The zero-order chi connectivity index (χ0) is 20.3. The maximum Gasteiger partial charge on any atom is 0.344 e. The van der Waals surface area contributed by atoms with Gasteiger partial charge in [0, 0.05) is 0 Å². The molecule has 2 aliphatic rings. The van der Waals surface area contributed by atoms with Gasteiger partial charge in [-0.2, -0.15) is 5.01 Å². The van der Waals surface area contributed by atoms with Crippen LogP contribution < -0.4 is 15.5 Å². The number of imide groups is 1. The van der Waals surface area contributed by atoms with Gasteiger partial charge < -0.3 is 14.8 Å². The Kier molecular flexibility index (Phi) is 5.53. The van der Waals surface area contributed by atoms with E-state index in [1.54, 1.807) is 12.1 Å². The van der Waals surface area contributed by atoms with Gasteiger partial charge in [0.1, 0.15) is 11.3 Å².